The molecule has 65 heavy (non-hydrogen) atoms. The van der Waals surface area contributed by atoms with Crippen LogP contribution in [0.2, 0.25) is 0 Å². The molecule has 0 aromatic heterocycles. The van der Waals surface area contributed by atoms with Crippen molar-refractivity contribution in [3.63, 3.8) is 0 Å². The van der Waals surface area contributed by atoms with Crippen molar-refractivity contribution in [1.82, 2.24) is 0 Å². The Labute approximate surface area is 388 Å². The molecule has 0 saturated carbocycles. The predicted molar refractivity (Wildman–Crippen MR) is 247 cm³/mol. The van der Waals surface area contributed by atoms with Crippen LogP contribution in [0.5, 0.6) is 0 Å². The smallest absolute Gasteiger partial charge is 0.306 e. The maximum absolute atomic E-state index is 13.0. The molecule has 2 heterocycles. The molecule has 7 N–H and O–H groups in total. The fraction of sp³-hybridized carbons (Fsp3) is 0.800. The highest BCUT2D eigenvalue weighted by atomic mass is 16.7. The van der Waals surface area contributed by atoms with Gasteiger partial charge in [0.1, 0.15) is 55.4 Å². The molecule has 0 bridgehead atoms. The average molecular weight is 927 g/mol. The fourth-order valence-electron chi connectivity index (χ4n) is 7.58. The Kier molecular flexibility index (Phi) is 33.7. The van der Waals surface area contributed by atoms with Gasteiger partial charge in [-0.2, -0.15) is 0 Å². The van der Waals surface area contributed by atoms with Crippen LogP contribution in [0.4, 0.5) is 0 Å². The van der Waals surface area contributed by atoms with Gasteiger partial charge in [-0.25, -0.2) is 0 Å². The largest absolute Gasteiger partial charge is 0.462 e. The van der Waals surface area contributed by atoms with Crippen molar-refractivity contribution in [2.45, 2.75) is 229 Å². The third-order valence-electron chi connectivity index (χ3n) is 11.7. The number of esters is 2. The topological polar surface area (TPSA) is 231 Å². The molecule has 2 saturated heterocycles. The van der Waals surface area contributed by atoms with E-state index in [-0.39, 0.29) is 26.1 Å². The van der Waals surface area contributed by atoms with Crippen LogP contribution in [0.15, 0.2) is 48.6 Å². The summed E-state index contributed by atoms with van der Waals surface area (Å²) < 4.78 is 33.5. The minimum Gasteiger partial charge on any atom is -0.462 e. The number of allylic oxidation sites excluding steroid dienone is 8. The third kappa shape index (κ3) is 26.0. The molecule has 2 rings (SSSR count). The van der Waals surface area contributed by atoms with Crippen LogP contribution in [-0.4, -0.2) is 142 Å². The Morgan fingerprint density at radius 1 is 0.508 bits per heavy atom. The van der Waals surface area contributed by atoms with Crippen molar-refractivity contribution in [3.8, 4) is 0 Å². The molecule has 2 aliphatic rings. The summed E-state index contributed by atoms with van der Waals surface area (Å²) in [6.45, 7) is 2.42. The van der Waals surface area contributed by atoms with Crippen molar-refractivity contribution in [2.24, 2.45) is 0 Å². The zero-order valence-corrected chi connectivity index (χ0v) is 39.5. The number of hydrogen-bond acceptors (Lipinski definition) is 15. The average Bonchev–Trinajstić information content (AvgIpc) is 3.30. The zero-order valence-electron chi connectivity index (χ0n) is 39.5. The molecule has 15 nitrogen and oxygen atoms in total. The van der Waals surface area contributed by atoms with E-state index in [1.807, 2.05) is 36.5 Å². The molecule has 0 aliphatic carbocycles. The molecule has 15 heteroatoms. The summed E-state index contributed by atoms with van der Waals surface area (Å²) in [6.07, 6.45) is 22.8. The summed E-state index contributed by atoms with van der Waals surface area (Å²) in [4.78, 5) is 25.7. The SMILES string of the molecule is CC/C=C/C=C/C=C/C=C/CCCCCCCC(=O)OC[C@H](CO[C@@H]1O[C@H](CO[C@@H]2O[C@H](CO)[C@H](O)C(O)C2O)[C@H](O)C(O)C1O)OC(=O)CCCCCCCCCCCCCCCC. The number of carbonyl (C=O) groups is 2. The maximum Gasteiger partial charge on any atom is 0.306 e. The number of unbranched alkanes of at least 4 members (excludes halogenated alkanes) is 18. The van der Waals surface area contributed by atoms with Crippen LogP contribution < -0.4 is 0 Å². The van der Waals surface area contributed by atoms with E-state index >= 15 is 0 Å². The lowest BCUT2D eigenvalue weighted by atomic mass is 9.98. The lowest BCUT2D eigenvalue weighted by Crippen LogP contribution is -2.61. The molecular formula is C50H86O15. The first-order valence-electron chi connectivity index (χ1n) is 24.8. The normalized spacial score (nSPS) is 26.8. The molecule has 0 aromatic rings. The van der Waals surface area contributed by atoms with Gasteiger partial charge in [0.2, 0.25) is 0 Å². The van der Waals surface area contributed by atoms with Gasteiger partial charge in [-0.05, 0) is 32.1 Å². The number of carbonyl (C=O) groups excluding carboxylic acids is 2. The van der Waals surface area contributed by atoms with Gasteiger partial charge in [-0.15, -0.1) is 0 Å². The highest BCUT2D eigenvalue weighted by molar-refractivity contribution is 5.70. The Balaban J connectivity index is 1.84. The van der Waals surface area contributed by atoms with Gasteiger partial charge >= 0.3 is 11.9 Å². The Bertz CT molecular complexity index is 1320. The summed E-state index contributed by atoms with van der Waals surface area (Å²) in [6, 6.07) is 0. The monoisotopic (exact) mass is 927 g/mol. The standard InChI is InChI=1S/C50H86O15/c1-3-5-7-9-11-13-15-17-19-21-22-24-26-28-30-32-41(52)60-35-38(63-42(53)33-31-29-27-25-23-20-18-16-14-12-10-8-6-4-2)36-61-49-48(59)46(57)44(55)40(65-49)37-62-50-47(58)45(56)43(54)39(34-51)64-50/h5,7,9,11,13,15,17,19,38-40,43-51,54-59H,3-4,6,8,10,12,14,16,18,20-37H2,1-2H3/b7-5+,11-9+,15-13+,19-17+/t38-,39-,40-,43+,44+,45?,46?,47?,48?,49-,50-/m1/s1. The van der Waals surface area contributed by atoms with Gasteiger partial charge in [-0.3, -0.25) is 9.59 Å². The van der Waals surface area contributed by atoms with Crippen molar-refractivity contribution >= 4 is 11.9 Å². The number of aliphatic hydroxyl groups is 7. The first kappa shape index (κ1) is 58.6. The third-order valence-corrected chi connectivity index (χ3v) is 11.7. The number of aliphatic hydroxyl groups excluding tert-OH is 7. The summed E-state index contributed by atoms with van der Waals surface area (Å²) in [5.41, 5.74) is 0. The van der Waals surface area contributed by atoms with Crippen LogP contribution in [0.1, 0.15) is 162 Å². The molecular weight excluding hydrogens is 841 g/mol. The first-order chi connectivity index (χ1) is 31.5. The molecule has 0 amide bonds. The second kappa shape index (κ2) is 37.4. The highest BCUT2D eigenvalue weighted by Crippen LogP contribution is 2.26. The van der Waals surface area contributed by atoms with Gasteiger partial charge in [-0.1, -0.05) is 165 Å². The van der Waals surface area contributed by atoms with E-state index in [9.17, 15) is 45.3 Å². The summed E-state index contributed by atoms with van der Waals surface area (Å²) in [5, 5.41) is 72.0. The maximum atomic E-state index is 13.0. The van der Waals surface area contributed by atoms with Crippen molar-refractivity contribution in [1.29, 1.82) is 0 Å². The summed E-state index contributed by atoms with van der Waals surface area (Å²) in [7, 11) is 0. The van der Waals surface area contributed by atoms with E-state index in [1.54, 1.807) is 0 Å². The van der Waals surface area contributed by atoms with Gasteiger partial charge in [0.05, 0.1) is 19.8 Å². The molecule has 4 unspecified atom stereocenters. The quantitative estimate of drug-likeness (QED) is 0.0205. The summed E-state index contributed by atoms with van der Waals surface area (Å²) in [5.74, 6) is -0.952. The number of rotatable bonds is 37. The van der Waals surface area contributed by atoms with Gasteiger partial charge in [0.25, 0.3) is 0 Å². The van der Waals surface area contributed by atoms with Crippen LogP contribution in [-0.2, 0) is 38.0 Å². The van der Waals surface area contributed by atoms with E-state index in [0.717, 1.165) is 57.8 Å². The lowest BCUT2D eigenvalue weighted by Gasteiger charge is -2.42. The Hall–Kier alpha value is -2.54. The van der Waals surface area contributed by atoms with Gasteiger partial charge < -0.3 is 64.2 Å². The lowest BCUT2D eigenvalue weighted by molar-refractivity contribution is -0.332. The van der Waals surface area contributed by atoms with E-state index < -0.39 is 92.7 Å². The van der Waals surface area contributed by atoms with Crippen LogP contribution in [0.25, 0.3) is 0 Å². The van der Waals surface area contributed by atoms with Crippen molar-refractivity contribution in [2.75, 3.05) is 26.4 Å². The minimum absolute atomic E-state index is 0.161. The van der Waals surface area contributed by atoms with Crippen LogP contribution in [0.3, 0.4) is 0 Å². The Morgan fingerprint density at radius 2 is 0.969 bits per heavy atom. The number of ether oxygens (including phenoxy) is 6. The predicted octanol–water partition coefficient (Wildman–Crippen LogP) is 6.32. The van der Waals surface area contributed by atoms with Crippen LogP contribution in [0, 0.1) is 0 Å². The minimum atomic E-state index is -1.77. The molecule has 376 valence electrons. The van der Waals surface area contributed by atoms with Crippen LogP contribution >= 0.6 is 0 Å². The number of hydrogen-bond donors (Lipinski definition) is 7. The second-order valence-corrected chi connectivity index (χ2v) is 17.4. The van der Waals surface area contributed by atoms with Crippen molar-refractivity contribution < 1.29 is 73.8 Å². The van der Waals surface area contributed by atoms with Gasteiger partial charge in [0.15, 0.2) is 18.7 Å². The molecule has 2 fully saturated rings. The van der Waals surface area contributed by atoms with E-state index in [0.29, 0.717) is 12.8 Å². The fourth-order valence-corrected chi connectivity index (χ4v) is 7.58. The highest BCUT2D eigenvalue weighted by Gasteiger charge is 2.47. The van der Waals surface area contributed by atoms with E-state index in [4.69, 9.17) is 28.4 Å². The second-order valence-electron chi connectivity index (χ2n) is 17.4. The molecule has 0 aromatic carbocycles. The molecule has 2 aliphatic heterocycles. The zero-order chi connectivity index (χ0) is 47.5. The van der Waals surface area contributed by atoms with Crippen molar-refractivity contribution in [3.05, 3.63) is 48.6 Å². The summed E-state index contributed by atoms with van der Waals surface area (Å²) >= 11 is 0. The van der Waals surface area contributed by atoms with E-state index in [1.165, 1.54) is 64.2 Å². The first-order valence-corrected chi connectivity index (χ1v) is 24.8. The Morgan fingerprint density at radius 3 is 1.52 bits per heavy atom. The molecule has 0 radical (unpaired) electrons. The molecule has 0 spiro atoms. The van der Waals surface area contributed by atoms with E-state index in [2.05, 4.69) is 26.0 Å². The van der Waals surface area contributed by atoms with Gasteiger partial charge in [0, 0.05) is 12.8 Å². The molecule has 11 atom stereocenters.